The first-order chi connectivity index (χ1) is 16.8. The molecular formula is C27H26Cl2N4O2. The van der Waals surface area contributed by atoms with Crippen LogP contribution in [0.15, 0.2) is 48.8 Å². The lowest BCUT2D eigenvalue weighted by Gasteiger charge is -2.25. The topological polar surface area (TPSA) is 79.1 Å². The van der Waals surface area contributed by atoms with Crippen LogP contribution in [0.3, 0.4) is 0 Å². The van der Waals surface area contributed by atoms with E-state index in [-0.39, 0.29) is 23.8 Å². The lowest BCUT2D eigenvalue weighted by Crippen LogP contribution is -2.32. The van der Waals surface area contributed by atoms with Crippen molar-refractivity contribution in [1.29, 1.82) is 5.26 Å². The highest BCUT2D eigenvalue weighted by Gasteiger charge is 2.40. The Morgan fingerprint density at radius 1 is 1.17 bits per heavy atom. The summed E-state index contributed by atoms with van der Waals surface area (Å²) in [5.41, 5.74) is 4.05. The monoisotopic (exact) mass is 508 g/mol. The summed E-state index contributed by atoms with van der Waals surface area (Å²) in [4.78, 5) is 24.0. The van der Waals surface area contributed by atoms with E-state index in [0.717, 1.165) is 23.2 Å². The molecule has 1 aliphatic rings. The number of amides is 1. The molecule has 1 amide bonds. The highest BCUT2D eigenvalue weighted by Crippen LogP contribution is 2.38. The minimum atomic E-state index is -0.255. The van der Waals surface area contributed by atoms with Gasteiger partial charge in [-0.05, 0) is 55.7 Å². The Hall–Kier alpha value is -3.14. The van der Waals surface area contributed by atoms with Crippen molar-refractivity contribution >= 4 is 29.1 Å². The van der Waals surface area contributed by atoms with Crippen LogP contribution in [0.4, 0.5) is 0 Å². The van der Waals surface area contributed by atoms with Crippen molar-refractivity contribution in [3.8, 4) is 11.9 Å². The van der Waals surface area contributed by atoms with Gasteiger partial charge in [-0.3, -0.25) is 9.78 Å². The number of carbonyl (C=O) groups excluding carboxylic acids is 1. The third-order valence-electron chi connectivity index (χ3n) is 6.57. The van der Waals surface area contributed by atoms with Gasteiger partial charge in [0.15, 0.2) is 0 Å². The number of pyridine rings is 2. The summed E-state index contributed by atoms with van der Waals surface area (Å²) in [5, 5.41) is 9.98. The quantitative estimate of drug-likeness (QED) is 0.417. The SMILES string of the molecule is CCc1ncc(C(=O)N2C[C@H]([C@H](C)Oc3ccc(C#N)cn3)[C@@H](c3ccc(Cl)c(Cl)c3)C2)cc1C. The number of hydrogen-bond acceptors (Lipinski definition) is 5. The highest BCUT2D eigenvalue weighted by molar-refractivity contribution is 6.42. The van der Waals surface area contributed by atoms with Gasteiger partial charge in [0.05, 0.1) is 21.2 Å². The predicted molar refractivity (Wildman–Crippen MR) is 136 cm³/mol. The van der Waals surface area contributed by atoms with Crippen LogP contribution >= 0.6 is 23.2 Å². The van der Waals surface area contributed by atoms with Crippen LogP contribution < -0.4 is 4.74 Å². The Kier molecular flexibility index (Phi) is 7.59. The lowest BCUT2D eigenvalue weighted by atomic mass is 9.86. The standard InChI is InChI=1S/C27H26Cl2N4O2/c1-4-25-16(2)9-20(13-31-25)27(34)33-14-21(17(3)35-26-8-5-18(11-30)12-32-26)22(15-33)19-6-7-23(28)24(29)10-19/h5-10,12-13,17,21-22H,4,14-15H2,1-3H3/t17-,21+,22+/m0/s1. The van der Waals surface area contributed by atoms with Crippen LogP contribution in [0.1, 0.15) is 52.5 Å². The van der Waals surface area contributed by atoms with Crippen molar-refractivity contribution in [1.82, 2.24) is 14.9 Å². The van der Waals surface area contributed by atoms with E-state index in [1.165, 1.54) is 6.20 Å². The van der Waals surface area contributed by atoms with Gasteiger partial charge in [0.1, 0.15) is 12.2 Å². The van der Waals surface area contributed by atoms with E-state index in [0.29, 0.717) is 40.1 Å². The second-order valence-electron chi connectivity index (χ2n) is 8.82. The fraction of sp³-hybridized carbons (Fsp3) is 0.333. The minimum Gasteiger partial charge on any atom is -0.474 e. The fourth-order valence-electron chi connectivity index (χ4n) is 4.63. The zero-order valence-corrected chi connectivity index (χ0v) is 21.3. The molecule has 1 aromatic carbocycles. The van der Waals surface area contributed by atoms with Gasteiger partial charge in [-0.15, -0.1) is 0 Å². The van der Waals surface area contributed by atoms with Crippen LogP contribution in [0, 0.1) is 24.2 Å². The Labute approximate surface area is 215 Å². The number of nitriles is 1. The van der Waals surface area contributed by atoms with Crippen molar-refractivity contribution in [2.75, 3.05) is 13.1 Å². The van der Waals surface area contributed by atoms with E-state index >= 15 is 0 Å². The molecule has 180 valence electrons. The van der Waals surface area contributed by atoms with Crippen LogP contribution in [0.25, 0.3) is 0 Å². The van der Waals surface area contributed by atoms with Crippen molar-refractivity contribution in [2.45, 2.75) is 39.2 Å². The van der Waals surface area contributed by atoms with Crippen LogP contribution in [0.2, 0.25) is 10.0 Å². The molecule has 0 bridgehead atoms. The number of nitrogens with zero attached hydrogens (tertiary/aromatic N) is 4. The van der Waals surface area contributed by atoms with E-state index in [1.807, 2.05) is 43.9 Å². The maximum absolute atomic E-state index is 13.4. The Morgan fingerprint density at radius 3 is 2.60 bits per heavy atom. The number of halogens is 2. The molecule has 3 heterocycles. The van der Waals surface area contributed by atoms with Gasteiger partial charge in [0.25, 0.3) is 5.91 Å². The zero-order chi connectivity index (χ0) is 25.1. The average molecular weight is 509 g/mol. The van der Waals surface area contributed by atoms with Gasteiger partial charge in [-0.1, -0.05) is 36.2 Å². The molecule has 0 unspecified atom stereocenters. The van der Waals surface area contributed by atoms with Crippen molar-refractivity contribution < 1.29 is 9.53 Å². The first kappa shape index (κ1) is 25.0. The molecule has 2 aromatic heterocycles. The average Bonchev–Trinajstić information content (AvgIpc) is 3.31. The van der Waals surface area contributed by atoms with Crippen molar-refractivity contribution in [3.63, 3.8) is 0 Å². The third-order valence-corrected chi connectivity index (χ3v) is 7.31. The number of rotatable bonds is 6. The van der Waals surface area contributed by atoms with Gasteiger partial charge < -0.3 is 9.64 Å². The fourth-order valence-corrected chi connectivity index (χ4v) is 4.94. The van der Waals surface area contributed by atoms with Gasteiger partial charge in [0.2, 0.25) is 5.88 Å². The summed E-state index contributed by atoms with van der Waals surface area (Å²) in [5.74, 6) is 0.354. The number of benzene rings is 1. The molecule has 1 fully saturated rings. The second-order valence-corrected chi connectivity index (χ2v) is 9.63. The van der Waals surface area contributed by atoms with E-state index in [1.54, 1.807) is 24.4 Å². The summed E-state index contributed by atoms with van der Waals surface area (Å²) >= 11 is 12.5. The summed E-state index contributed by atoms with van der Waals surface area (Å²) in [6.07, 6.45) is 3.72. The Morgan fingerprint density at radius 2 is 1.97 bits per heavy atom. The molecule has 0 radical (unpaired) electrons. The zero-order valence-electron chi connectivity index (χ0n) is 19.8. The van der Waals surface area contributed by atoms with Crippen molar-refractivity contribution in [2.24, 2.45) is 5.92 Å². The maximum atomic E-state index is 13.4. The number of hydrogen-bond donors (Lipinski definition) is 0. The summed E-state index contributed by atoms with van der Waals surface area (Å²) in [7, 11) is 0. The molecule has 1 saturated heterocycles. The number of ether oxygens (including phenoxy) is 1. The normalized spacial score (nSPS) is 18.2. The molecule has 3 atom stereocenters. The molecule has 0 spiro atoms. The molecule has 3 aromatic rings. The number of aryl methyl sites for hydroxylation is 2. The van der Waals surface area contributed by atoms with Crippen LogP contribution in [-0.2, 0) is 6.42 Å². The van der Waals surface area contributed by atoms with E-state index in [4.69, 9.17) is 33.2 Å². The minimum absolute atomic E-state index is 0.00827. The predicted octanol–water partition coefficient (Wildman–Crippen LogP) is 5.85. The van der Waals surface area contributed by atoms with E-state index in [9.17, 15) is 4.79 Å². The smallest absolute Gasteiger partial charge is 0.255 e. The van der Waals surface area contributed by atoms with Crippen LogP contribution in [-0.4, -0.2) is 40.0 Å². The number of aromatic nitrogens is 2. The van der Waals surface area contributed by atoms with Crippen molar-refractivity contribution in [3.05, 3.63) is 86.8 Å². The molecule has 6 nitrogen and oxygen atoms in total. The Balaban J connectivity index is 1.61. The molecule has 35 heavy (non-hydrogen) atoms. The largest absolute Gasteiger partial charge is 0.474 e. The first-order valence-electron chi connectivity index (χ1n) is 11.5. The van der Waals surface area contributed by atoms with Gasteiger partial charge in [0, 0.05) is 49.1 Å². The lowest BCUT2D eigenvalue weighted by molar-refractivity contribution is 0.0769. The maximum Gasteiger partial charge on any atom is 0.255 e. The molecule has 0 N–H and O–H groups in total. The molecule has 8 heteroatoms. The first-order valence-corrected chi connectivity index (χ1v) is 12.3. The Bertz CT molecular complexity index is 1270. The summed E-state index contributed by atoms with van der Waals surface area (Å²) in [6.45, 7) is 7.04. The molecule has 4 rings (SSSR count). The van der Waals surface area contributed by atoms with E-state index in [2.05, 4.69) is 16.0 Å². The summed E-state index contributed by atoms with van der Waals surface area (Å²) < 4.78 is 6.16. The van der Waals surface area contributed by atoms with Gasteiger partial charge in [-0.25, -0.2) is 4.98 Å². The molecule has 0 saturated carbocycles. The second kappa shape index (κ2) is 10.6. The van der Waals surface area contributed by atoms with E-state index < -0.39 is 0 Å². The number of likely N-dealkylation sites (tertiary alicyclic amines) is 1. The number of carbonyl (C=O) groups is 1. The molecule has 1 aliphatic heterocycles. The van der Waals surface area contributed by atoms with Crippen LogP contribution in [0.5, 0.6) is 5.88 Å². The molecular weight excluding hydrogens is 483 g/mol. The molecule has 0 aliphatic carbocycles. The van der Waals surface area contributed by atoms with Gasteiger partial charge in [-0.2, -0.15) is 5.26 Å². The van der Waals surface area contributed by atoms with Gasteiger partial charge >= 0.3 is 0 Å². The summed E-state index contributed by atoms with van der Waals surface area (Å²) in [6, 6.07) is 12.9. The third kappa shape index (κ3) is 5.42. The highest BCUT2D eigenvalue weighted by atomic mass is 35.5.